The van der Waals surface area contributed by atoms with Crippen molar-refractivity contribution >= 4 is 40.4 Å². The number of ether oxygens (including phenoxy) is 1. The normalized spacial score (nSPS) is 12.7. The lowest BCUT2D eigenvalue weighted by Crippen LogP contribution is -2.47. The molecule has 1 atom stereocenters. The van der Waals surface area contributed by atoms with Crippen LogP contribution in [0.2, 0.25) is 0 Å². The fraction of sp³-hybridized carbons (Fsp3) is 0.128. The van der Waals surface area contributed by atoms with E-state index in [2.05, 4.69) is 71.3 Å². The third-order valence-electron chi connectivity index (χ3n) is 10.2. The second-order valence-electron chi connectivity index (χ2n) is 13.6. The smallest absolute Gasteiger partial charge is 0.407 e. The molecule has 6 aromatic carbocycles. The first-order valence-electron chi connectivity index (χ1n) is 18.2. The number of alkyl carbamates (subject to hydrolysis) is 1. The number of amides is 2. The number of thioether (sulfide) groups is 1. The van der Waals surface area contributed by atoms with E-state index in [0.717, 1.165) is 49.9 Å². The highest BCUT2D eigenvalue weighted by Gasteiger charge is 2.39. The molecular weight excluding hydrogens is 705 g/mol. The number of fused-ring (bicyclic) bond motifs is 4. The van der Waals surface area contributed by atoms with Gasteiger partial charge >= 0.3 is 11.7 Å². The van der Waals surface area contributed by atoms with Crippen LogP contribution in [0.5, 0.6) is 0 Å². The maximum absolute atomic E-state index is 14.3. The Balaban J connectivity index is 1.11. The van der Waals surface area contributed by atoms with E-state index in [0.29, 0.717) is 11.3 Å². The van der Waals surface area contributed by atoms with E-state index >= 15 is 0 Å². The van der Waals surface area contributed by atoms with Crippen LogP contribution >= 0.6 is 11.8 Å². The molecule has 2 N–H and O–H groups in total. The van der Waals surface area contributed by atoms with Crippen LogP contribution in [0.1, 0.15) is 39.3 Å². The Morgan fingerprint density at radius 2 is 1.24 bits per heavy atom. The summed E-state index contributed by atoms with van der Waals surface area (Å²) < 4.78 is 10.7. The third kappa shape index (κ3) is 7.16. The van der Waals surface area contributed by atoms with Gasteiger partial charge in [-0.25, -0.2) is 9.59 Å². The van der Waals surface area contributed by atoms with Crippen molar-refractivity contribution < 1.29 is 18.7 Å². The second kappa shape index (κ2) is 15.5. The largest absolute Gasteiger partial charge is 0.449 e. The number of carbonyl (C=O) groups is 2. The van der Waals surface area contributed by atoms with E-state index in [9.17, 15) is 14.4 Å². The number of hydrogen-bond donors (Lipinski definition) is 2. The van der Waals surface area contributed by atoms with Crippen LogP contribution in [0.4, 0.5) is 10.5 Å². The van der Waals surface area contributed by atoms with Crippen LogP contribution in [0.25, 0.3) is 22.1 Å². The molecular formula is C47H38N2O5S. The SMILES string of the molecule is Cc1cc(=O)oc2cc(NC(=O)[C@@H](CSC(c3ccccc3)(c3ccccc3)c3ccccc3)NC(=O)OCC3c4ccccc4-c4ccccc43)ccc12. The molecule has 2 amide bonds. The Kier molecular flexibility index (Phi) is 10.1. The molecule has 55 heavy (non-hydrogen) atoms. The topological polar surface area (TPSA) is 97.6 Å². The number of hydrogen-bond acceptors (Lipinski definition) is 6. The molecule has 8 heteroatoms. The predicted octanol–water partition coefficient (Wildman–Crippen LogP) is 9.67. The molecule has 1 aliphatic rings. The monoisotopic (exact) mass is 742 g/mol. The van der Waals surface area contributed by atoms with Crippen molar-refractivity contribution in [2.24, 2.45) is 0 Å². The van der Waals surface area contributed by atoms with Gasteiger partial charge in [0.1, 0.15) is 18.2 Å². The van der Waals surface area contributed by atoms with E-state index in [1.165, 1.54) is 6.07 Å². The standard InChI is InChI=1S/C47H38N2O5S/c1-31-27-44(50)54-43-28-35(25-26-36(31)43)48-45(51)42(49-46(52)53-29-41-39-23-13-11-21-37(39)38-22-12-14-24-40(38)41)30-55-47(32-15-5-2-6-16-32,33-17-7-3-8-18-33)34-19-9-4-10-20-34/h2-28,41-42H,29-30H2,1H3,(H,48,51)(H,49,52)/t42-/m1/s1. The van der Waals surface area contributed by atoms with Crippen LogP contribution in [0.3, 0.4) is 0 Å². The molecule has 8 rings (SSSR count). The summed E-state index contributed by atoms with van der Waals surface area (Å²) in [6.45, 7) is 1.94. The number of anilines is 1. The number of rotatable bonds is 11. The minimum absolute atomic E-state index is 0.104. The maximum Gasteiger partial charge on any atom is 0.407 e. The first kappa shape index (κ1) is 35.6. The zero-order chi connectivity index (χ0) is 37.8. The van der Waals surface area contributed by atoms with Crippen molar-refractivity contribution in [1.82, 2.24) is 5.32 Å². The summed E-state index contributed by atoms with van der Waals surface area (Å²) in [5, 5.41) is 6.66. The highest BCUT2D eigenvalue weighted by Crippen LogP contribution is 2.49. The molecule has 0 spiro atoms. The molecule has 0 aliphatic heterocycles. The summed E-state index contributed by atoms with van der Waals surface area (Å²) >= 11 is 1.56. The Bertz CT molecular complexity index is 2400. The lowest BCUT2D eigenvalue weighted by atomic mass is 9.84. The van der Waals surface area contributed by atoms with E-state index in [1.54, 1.807) is 30.0 Å². The van der Waals surface area contributed by atoms with Gasteiger partial charge in [-0.2, -0.15) is 0 Å². The highest BCUT2D eigenvalue weighted by molar-refractivity contribution is 8.00. The van der Waals surface area contributed by atoms with Crippen molar-refractivity contribution in [2.75, 3.05) is 17.7 Å². The fourth-order valence-electron chi connectivity index (χ4n) is 7.57. The van der Waals surface area contributed by atoms with Crippen molar-refractivity contribution in [1.29, 1.82) is 0 Å². The van der Waals surface area contributed by atoms with Crippen molar-refractivity contribution in [3.8, 4) is 11.1 Å². The van der Waals surface area contributed by atoms with Gasteiger partial charge in [-0.05, 0) is 63.6 Å². The average Bonchev–Trinajstić information content (AvgIpc) is 3.54. The van der Waals surface area contributed by atoms with Crippen LogP contribution in [0, 0.1) is 6.92 Å². The van der Waals surface area contributed by atoms with Gasteiger partial charge < -0.3 is 19.8 Å². The lowest BCUT2D eigenvalue weighted by Gasteiger charge is -2.36. The van der Waals surface area contributed by atoms with E-state index in [-0.39, 0.29) is 18.3 Å². The first-order chi connectivity index (χ1) is 26.9. The van der Waals surface area contributed by atoms with Crippen LogP contribution in [-0.4, -0.2) is 30.4 Å². The Labute approximate surface area is 323 Å². The molecule has 0 radical (unpaired) electrons. The molecule has 0 saturated heterocycles. The maximum atomic E-state index is 14.3. The summed E-state index contributed by atoms with van der Waals surface area (Å²) in [6, 6.07) is 52.4. The summed E-state index contributed by atoms with van der Waals surface area (Å²) in [6.07, 6.45) is -0.701. The zero-order valence-corrected chi connectivity index (χ0v) is 30.9. The molecule has 7 nitrogen and oxygen atoms in total. The van der Waals surface area contributed by atoms with Crippen molar-refractivity contribution in [3.63, 3.8) is 0 Å². The van der Waals surface area contributed by atoms with Gasteiger partial charge in [-0.3, -0.25) is 4.79 Å². The number of carbonyl (C=O) groups excluding carboxylic acids is 2. The lowest BCUT2D eigenvalue weighted by molar-refractivity contribution is -0.117. The molecule has 1 heterocycles. The summed E-state index contributed by atoms with van der Waals surface area (Å²) in [4.78, 5) is 40.3. The Morgan fingerprint density at radius 3 is 1.80 bits per heavy atom. The number of benzene rings is 6. The van der Waals surface area contributed by atoms with Crippen LogP contribution in [0.15, 0.2) is 173 Å². The Hall–Kier alpha value is -6.38. The first-order valence-corrected chi connectivity index (χ1v) is 19.2. The van der Waals surface area contributed by atoms with E-state index in [1.807, 2.05) is 85.8 Å². The molecule has 7 aromatic rings. The molecule has 1 aliphatic carbocycles. The van der Waals surface area contributed by atoms with Gasteiger partial charge in [-0.15, -0.1) is 11.8 Å². The van der Waals surface area contributed by atoms with Crippen molar-refractivity contribution in [3.05, 3.63) is 208 Å². The van der Waals surface area contributed by atoms with Crippen molar-refractivity contribution in [2.45, 2.75) is 23.6 Å². The van der Waals surface area contributed by atoms with E-state index in [4.69, 9.17) is 9.15 Å². The van der Waals surface area contributed by atoms with E-state index < -0.39 is 28.4 Å². The minimum atomic E-state index is -1.03. The number of aryl methyl sites for hydroxylation is 1. The highest BCUT2D eigenvalue weighted by atomic mass is 32.2. The number of nitrogens with one attached hydrogen (secondary N) is 2. The van der Waals surface area contributed by atoms with Gasteiger partial charge in [0.05, 0.1) is 4.75 Å². The van der Waals surface area contributed by atoms with Crippen LogP contribution in [-0.2, 0) is 14.3 Å². The third-order valence-corrected chi connectivity index (χ3v) is 11.8. The molecule has 272 valence electrons. The molecule has 0 fully saturated rings. The molecule has 0 unspecified atom stereocenters. The van der Waals surface area contributed by atoms with Gasteiger partial charge in [0.25, 0.3) is 0 Å². The summed E-state index contributed by atoms with van der Waals surface area (Å²) in [7, 11) is 0. The minimum Gasteiger partial charge on any atom is -0.449 e. The molecule has 0 bridgehead atoms. The van der Waals surface area contributed by atoms with Gasteiger partial charge in [0, 0.05) is 34.9 Å². The summed E-state index contributed by atoms with van der Waals surface area (Å²) in [5.74, 6) is -0.410. The quantitative estimate of drug-likeness (QED) is 0.101. The fourth-order valence-corrected chi connectivity index (χ4v) is 9.13. The van der Waals surface area contributed by atoms with Gasteiger partial charge in [-0.1, -0.05) is 140 Å². The second-order valence-corrected chi connectivity index (χ2v) is 14.8. The molecule has 0 saturated carbocycles. The van der Waals surface area contributed by atoms with Gasteiger partial charge in [0.15, 0.2) is 0 Å². The Morgan fingerprint density at radius 1 is 0.709 bits per heavy atom. The molecule has 1 aromatic heterocycles. The predicted molar refractivity (Wildman–Crippen MR) is 220 cm³/mol. The zero-order valence-electron chi connectivity index (χ0n) is 30.1. The van der Waals surface area contributed by atoms with Gasteiger partial charge in [0.2, 0.25) is 5.91 Å². The van der Waals surface area contributed by atoms with Crippen LogP contribution < -0.4 is 16.3 Å². The summed E-state index contributed by atoms with van der Waals surface area (Å²) in [5.41, 5.74) is 8.60. The average molecular weight is 743 g/mol.